The first-order valence-electron chi connectivity index (χ1n) is 5.32. The lowest BCUT2D eigenvalue weighted by Crippen LogP contribution is -2.25. The molecule has 0 saturated carbocycles. The molecule has 2 heterocycles. The lowest BCUT2D eigenvalue weighted by molar-refractivity contribution is -0.386. The molecule has 0 bridgehead atoms. The number of aromatic nitrogens is 1. The zero-order chi connectivity index (χ0) is 15.7. The van der Waals surface area contributed by atoms with Gasteiger partial charge in [0.25, 0.3) is 0 Å². The van der Waals surface area contributed by atoms with Crippen LogP contribution in [0.2, 0.25) is 0 Å². The summed E-state index contributed by atoms with van der Waals surface area (Å²) in [5.41, 5.74) is -0.980. The van der Waals surface area contributed by atoms with Crippen LogP contribution in [0, 0.1) is 10.1 Å². The standard InChI is InChI=1S/C11H5Br3N2O4S/c12-5-1-7(16(19)20)11(18)15(3-5)4-8(17)6-2-9(13)21-10(6)14/h1-3H,4H2. The van der Waals surface area contributed by atoms with Crippen molar-refractivity contribution in [1.82, 2.24) is 4.57 Å². The summed E-state index contributed by atoms with van der Waals surface area (Å²) in [4.78, 5) is 34.2. The number of ketones is 1. The molecule has 0 atom stereocenters. The van der Waals surface area contributed by atoms with Crippen LogP contribution >= 0.6 is 59.1 Å². The predicted molar refractivity (Wildman–Crippen MR) is 89.1 cm³/mol. The molecule has 0 N–H and O–H groups in total. The molecule has 0 spiro atoms. The van der Waals surface area contributed by atoms with Crippen LogP contribution in [-0.2, 0) is 6.54 Å². The van der Waals surface area contributed by atoms with Crippen molar-refractivity contribution in [2.75, 3.05) is 0 Å². The van der Waals surface area contributed by atoms with Gasteiger partial charge in [-0.15, -0.1) is 11.3 Å². The monoisotopic (exact) mass is 498 g/mol. The summed E-state index contributed by atoms with van der Waals surface area (Å²) in [7, 11) is 0. The Morgan fingerprint density at radius 1 is 1.33 bits per heavy atom. The van der Waals surface area contributed by atoms with Gasteiger partial charge in [0.15, 0.2) is 5.78 Å². The number of nitro groups is 1. The fraction of sp³-hybridized carbons (Fsp3) is 0.0909. The molecule has 0 radical (unpaired) electrons. The highest BCUT2D eigenvalue weighted by Gasteiger charge is 2.19. The molecule has 0 unspecified atom stereocenters. The van der Waals surface area contributed by atoms with Gasteiger partial charge >= 0.3 is 11.2 Å². The van der Waals surface area contributed by atoms with Gasteiger partial charge in [0.05, 0.1) is 19.0 Å². The van der Waals surface area contributed by atoms with E-state index in [1.807, 2.05) is 0 Å². The van der Waals surface area contributed by atoms with Crippen molar-refractivity contribution in [3.8, 4) is 0 Å². The van der Waals surface area contributed by atoms with Gasteiger partial charge in [-0.3, -0.25) is 19.7 Å². The van der Waals surface area contributed by atoms with Gasteiger partial charge in [-0.05, 0) is 53.9 Å². The van der Waals surface area contributed by atoms with Crippen molar-refractivity contribution in [1.29, 1.82) is 0 Å². The Balaban J connectivity index is 2.40. The number of halogens is 3. The Kier molecular flexibility index (Phi) is 5.12. The van der Waals surface area contributed by atoms with Crippen LogP contribution in [0.4, 0.5) is 5.69 Å². The van der Waals surface area contributed by atoms with Crippen molar-refractivity contribution in [2.24, 2.45) is 0 Å². The summed E-state index contributed by atoms with van der Waals surface area (Å²) in [5.74, 6) is -0.321. The maximum atomic E-state index is 12.2. The third kappa shape index (κ3) is 3.68. The van der Waals surface area contributed by atoms with Gasteiger partial charge in [0, 0.05) is 22.3 Å². The van der Waals surface area contributed by atoms with E-state index in [2.05, 4.69) is 47.8 Å². The molecule has 0 aliphatic rings. The van der Waals surface area contributed by atoms with E-state index in [9.17, 15) is 19.7 Å². The van der Waals surface area contributed by atoms with E-state index in [1.165, 1.54) is 17.5 Å². The first-order chi connectivity index (χ1) is 9.79. The average Bonchev–Trinajstić information content (AvgIpc) is 2.72. The molecule has 0 aliphatic carbocycles. The van der Waals surface area contributed by atoms with Crippen LogP contribution in [0.3, 0.4) is 0 Å². The molecular formula is C11H5Br3N2O4S. The second-order valence-electron chi connectivity index (χ2n) is 3.89. The molecule has 10 heteroatoms. The van der Waals surface area contributed by atoms with Gasteiger partial charge in [-0.2, -0.15) is 0 Å². The summed E-state index contributed by atoms with van der Waals surface area (Å²) in [6.07, 6.45) is 1.35. The van der Waals surface area contributed by atoms with Crippen LogP contribution in [0.5, 0.6) is 0 Å². The molecule has 6 nitrogen and oxygen atoms in total. The van der Waals surface area contributed by atoms with E-state index in [0.29, 0.717) is 13.8 Å². The maximum Gasteiger partial charge on any atom is 0.335 e. The summed E-state index contributed by atoms with van der Waals surface area (Å²) in [6, 6.07) is 2.74. The van der Waals surface area contributed by atoms with E-state index >= 15 is 0 Å². The molecule has 0 aliphatic heterocycles. The smallest absolute Gasteiger partial charge is 0.301 e. The number of thiophene rings is 1. The van der Waals surface area contributed by atoms with Crippen molar-refractivity contribution < 1.29 is 9.72 Å². The van der Waals surface area contributed by atoms with Gasteiger partial charge in [-0.1, -0.05) is 0 Å². The first-order valence-corrected chi connectivity index (χ1v) is 8.51. The van der Waals surface area contributed by atoms with E-state index in [1.54, 1.807) is 6.07 Å². The number of rotatable bonds is 4. The molecule has 21 heavy (non-hydrogen) atoms. The third-order valence-corrected chi connectivity index (χ3v) is 5.27. The fourth-order valence-corrected chi connectivity index (χ4v) is 4.92. The summed E-state index contributed by atoms with van der Waals surface area (Å²) in [5, 5.41) is 10.8. The number of carbonyl (C=O) groups excluding carboxylic acids is 1. The lowest BCUT2D eigenvalue weighted by Gasteiger charge is -2.05. The molecule has 0 saturated heterocycles. The number of carbonyl (C=O) groups is 1. The average molecular weight is 501 g/mol. The second-order valence-corrected chi connectivity index (χ2v) is 8.56. The quantitative estimate of drug-likeness (QED) is 0.361. The SMILES string of the molecule is O=C(Cn1cc(Br)cc([N+](=O)[O-])c1=O)c1cc(Br)sc1Br. The highest BCUT2D eigenvalue weighted by molar-refractivity contribution is 9.12. The number of Topliss-reactive ketones (excluding diaryl/α,β-unsaturated/α-hetero) is 1. The van der Waals surface area contributed by atoms with Crippen molar-refractivity contribution in [3.05, 3.63) is 56.4 Å². The largest absolute Gasteiger partial charge is 0.335 e. The van der Waals surface area contributed by atoms with Crippen LogP contribution in [0.25, 0.3) is 0 Å². The summed E-state index contributed by atoms with van der Waals surface area (Å²) in [6.45, 7) is -0.277. The summed E-state index contributed by atoms with van der Waals surface area (Å²) < 4.78 is 2.78. The molecule has 2 aromatic heterocycles. The molecule has 0 aromatic carbocycles. The Morgan fingerprint density at radius 2 is 2.00 bits per heavy atom. The van der Waals surface area contributed by atoms with Gasteiger partial charge < -0.3 is 4.57 Å². The first kappa shape index (κ1) is 16.5. The molecule has 110 valence electrons. The highest BCUT2D eigenvalue weighted by atomic mass is 79.9. The predicted octanol–water partition coefficient (Wildman–Crippen LogP) is 3.99. The number of hydrogen-bond acceptors (Lipinski definition) is 5. The second kappa shape index (κ2) is 6.51. The topological polar surface area (TPSA) is 82.2 Å². The minimum Gasteiger partial charge on any atom is -0.301 e. The summed E-state index contributed by atoms with van der Waals surface area (Å²) >= 11 is 11.0. The van der Waals surface area contributed by atoms with E-state index in [0.717, 1.165) is 14.4 Å². The maximum absolute atomic E-state index is 12.2. The molecule has 2 aromatic rings. The molecule has 0 fully saturated rings. The third-order valence-electron chi connectivity index (χ3n) is 2.50. The molecule has 0 amide bonds. The lowest BCUT2D eigenvalue weighted by atomic mass is 10.2. The number of hydrogen-bond donors (Lipinski definition) is 0. The molecule has 2 rings (SSSR count). The van der Waals surface area contributed by atoms with E-state index in [4.69, 9.17) is 0 Å². The minimum absolute atomic E-state index is 0.277. The molecular weight excluding hydrogens is 496 g/mol. The Labute approximate surface area is 147 Å². The van der Waals surface area contributed by atoms with Crippen LogP contribution in [0.1, 0.15) is 10.4 Å². The van der Waals surface area contributed by atoms with Crippen molar-refractivity contribution in [3.63, 3.8) is 0 Å². The van der Waals surface area contributed by atoms with Crippen molar-refractivity contribution >= 4 is 70.6 Å². The zero-order valence-corrected chi connectivity index (χ0v) is 15.6. The number of nitrogens with zero attached hydrogens (tertiary/aromatic N) is 2. The Morgan fingerprint density at radius 3 is 2.52 bits per heavy atom. The van der Waals surface area contributed by atoms with Gasteiger partial charge in [0.1, 0.15) is 0 Å². The van der Waals surface area contributed by atoms with E-state index in [-0.39, 0.29) is 12.3 Å². The minimum atomic E-state index is -0.818. The van der Waals surface area contributed by atoms with Crippen LogP contribution in [-0.4, -0.2) is 15.3 Å². The van der Waals surface area contributed by atoms with E-state index < -0.39 is 16.2 Å². The highest BCUT2D eigenvalue weighted by Crippen LogP contribution is 2.32. The zero-order valence-electron chi connectivity index (χ0n) is 10.0. The Hall–Kier alpha value is -0.840. The van der Waals surface area contributed by atoms with Gasteiger partial charge in [-0.25, -0.2) is 0 Å². The van der Waals surface area contributed by atoms with Crippen molar-refractivity contribution in [2.45, 2.75) is 6.54 Å². The van der Waals surface area contributed by atoms with Crippen LogP contribution < -0.4 is 5.56 Å². The van der Waals surface area contributed by atoms with Gasteiger partial charge in [0.2, 0.25) is 0 Å². The normalized spacial score (nSPS) is 10.6. The fourth-order valence-electron chi connectivity index (χ4n) is 1.60. The van der Waals surface area contributed by atoms with Crippen LogP contribution in [0.15, 0.2) is 35.2 Å². The number of pyridine rings is 1. The Bertz CT molecular complexity index is 799.